The van der Waals surface area contributed by atoms with Gasteiger partial charge in [-0.05, 0) is 12.1 Å². The molecule has 1 aromatic rings. The molecule has 1 N–H and O–H groups in total. The summed E-state index contributed by atoms with van der Waals surface area (Å²) in [6, 6.07) is 2.07. The average molecular weight is 201 g/mol. The minimum Gasteiger partial charge on any atom is -0.530 e. The fourth-order valence-electron chi connectivity index (χ4n) is 0.877. The molecule has 1 rings (SSSR count). The molecule has 0 fully saturated rings. The van der Waals surface area contributed by atoms with Crippen LogP contribution in [0, 0.1) is 0 Å². The molecule has 1 aromatic heterocycles. The van der Waals surface area contributed by atoms with Crippen molar-refractivity contribution in [1.82, 2.24) is 4.98 Å². The molecule has 0 spiro atoms. The normalized spacial score (nSPS) is 11.1. The fourth-order valence-corrected chi connectivity index (χ4v) is 0.877. The lowest BCUT2D eigenvalue weighted by Gasteiger charge is -2.12. The number of carboxylic acid groups (broad SMARTS) is 1. The first-order valence-corrected chi connectivity index (χ1v) is 3.72. The Morgan fingerprint density at radius 2 is 2.29 bits per heavy atom. The monoisotopic (exact) mass is 201 g/mol. The van der Waals surface area contributed by atoms with Crippen molar-refractivity contribution < 1.29 is 18.7 Å². The van der Waals surface area contributed by atoms with E-state index in [1.54, 1.807) is 5.32 Å². The van der Waals surface area contributed by atoms with Crippen LogP contribution in [0.3, 0.4) is 0 Å². The van der Waals surface area contributed by atoms with Crippen LogP contribution in [0.4, 0.5) is 19.4 Å². The fraction of sp³-hybridized carbons (Fsp3) is 0.250. The van der Waals surface area contributed by atoms with Gasteiger partial charge in [0, 0.05) is 18.7 Å². The van der Waals surface area contributed by atoms with Crippen molar-refractivity contribution >= 4 is 11.9 Å². The predicted molar refractivity (Wildman–Crippen MR) is 42.8 cm³/mol. The van der Waals surface area contributed by atoms with Crippen LogP contribution >= 0.6 is 0 Å². The number of carbonyl (C=O) groups excluding carboxylic acids is 1. The summed E-state index contributed by atoms with van der Waals surface area (Å²) in [4.78, 5) is 13.6. The quantitative estimate of drug-likeness (QED) is 0.774. The molecule has 0 saturated heterocycles. The molecule has 0 saturated carbocycles. The summed E-state index contributed by atoms with van der Waals surface area (Å²) < 4.78 is 25.5. The summed E-state index contributed by atoms with van der Waals surface area (Å²) in [5.41, 5.74) is -0.309. The highest BCUT2D eigenvalue weighted by Gasteiger charge is 2.24. The van der Waals surface area contributed by atoms with E-state index in [2.05, 4.69) is 4.98 Å². The number of hydrogen-bond donors (Lipinski definition) is 1. The van der Waals surface area contributed by atoms with Gasteiger partial charge in [-0.25, -0.2) is 13.8 Å². The number of rotatable bonds is 2. The van der Waals surface area contributed by atoms with Gasteiger partial charge in [-0.3, -0.25) is 0 Å². The standard InChI is InChI=1S/C8H8F2N2O2/c1-8(9,10)5-2-3-11-6(4-5)12-7(13)14/h2-4H,1H3,(H,11,12)(H,13,14)/p-1. The van der Waals surface area contributed by atoms with E-state index < -0.39 is 12.0 Å². The van der Waals surface area contributed by atoms with Gasteiger partial charge in [0.05, 0.1) is 0 Å². The molecule has 0 aliphatic rings. The molecule has 0 unspecified atom stereocenters. The van der Waals surface area contributed by atoms with Crippen molar-refractivity contribution in [3.63, 3.8) is 0 Å². The van der Waals surface area contributed by atoms with E-state index in [-0.39, 0.29) is 11.4 Å². The molecule has 14 heavy (non-hydrogen) atoms. The number of pyridine rings is 1. The molecule has 0 aliphatic heterocycles. The van der Waals surface area contributed by atoms with E-state index in [1.165, 1.54) is 0 Å². The van der Waals surface area contributed by atoms with Crippen molar-refractivity contribution in [2.45, 2.75) is 12.8 Å². The summed E-state index contributed by atoms with van der Waals surface area (Å²) in [5, 5.41) is 11.9. The molecule has 4 nitrogen and oxygen atoms in total. The summed E-state index contributed by atoms with van der Waals surface area (Å²) in [6.45, 7) is 0.713. The Balaban J connectivity index is 2.95. The number of hydrogen-bond acceptors (Lipinski definition) is 3. The highest BCUT2D eigenvalue weighted by Crippen LogP contribution is 2.27. The maximum atomic E-state index is 12.8. The van der Waals surface area contributed by atoms with E-state index in [0.717, 1.165) is 18.3 Å². The molecular formula is C8H7F2N2O2-. The number of carbonyl (C=O) groups is 1. The summed E-state index contributed by atoms with van der Waals surface area (Å²) in [7, 11) is 0. The van der Waals surface area contributed by atoms with E-state index in [9.17, 15) is 18.7 Å². The predicted octanol–water partition coefficient (Wildman–Crippen LogP) is 0.948. The van der Waals surface area contributed by atoms with E-state index in [4.69, 9.17) is 0 Å². The Morgan fingerprint density at radius 1 is 1.64 bits per heavy atom. The smallest absolute Gasteiger partial charge is 0.270 e. The Morgan fingerprint density at radius 3 is 2.79 bits per heavy atom. The zero-order chi connectivity index (χ0) is 10.8. The third kappa shape index (κ3) is 2.65. The van der Waals surface area contributed by atoms with Gasteiger partial charge in [0.25, 0.3) is 5.92 Å². The third-order valence-corrected chi connectivity index (χ3v) is 1.50. The summed E-state index contributed by atoms with van der Waals surface area (Å²) in [5.74, 6) is -3.20. The van der Waals surface area contributed by atoms with E-state index >= 15 is 0 Å². The molecular weight excluding hydrogens is 194 g/mol. The molecule has 0 atom stereocenters. The zero-order valence-electron chi connectivity index (χ0n) is 7.25. The molecule has 1 amide bonds. The van der Waals surface area contributed by atoms with E-state index in [0.29, 0.717) is 6.92 Å². The molecule has 76 valence electrons. The van der Waals surface area contributed by atoms with Gasteiger partial charge >= 0.3 is 0 Å². The van der Waals surface area contributed by atoms with Crippen molar-refractivity contribution in [3.8, 4) is 0 Å². The number of nitrogens with zero attached hydrogens (tertiary/aromatic N) is 1. The van der Waals surface area contributed by atoms with Gasteiger partial charge in [-0.2, -0.15) is 0 Å². The minimum absolute atomic E-state index is 0.177. The molecule has 6 heteroatoms. The zero-order valence-corrected chi connectivity index (χ0v) is 7.25. The Hall–Kier alpha value is -1.72. The van der Waals surface area contributed by atoms with Crippen LogP contribution in [-0.4, -0.2) is 11.1 Å². The molecule has 0 radical (unpaired) electrons. The second-order valence-electron chi connectivity index (χ2n) is 2.73. The third-order valence-electron chi connectivity index (χ3n) is 1.50. The highest BCUT2D eigenvalue weighted by atomic mass is 19.3. The molecule has 0 bridgehead atoms. The SMILES string of the molecule is CC(F)(F)c1ccnc(NC(=O)[O-])c1. The molecule has 1 heterocycles. The first-order chi connectivity index (χ1) is 6.39. The van der Waals surface area contributed by atoms with Crippen molar-refractivity contribution in [2.75, 3.05) is 5.32 Å². The first kappa shape index (κ1) is 10.4. The lowest BCUT2D eigenvalue weighted by molar-refractivity contribution is -0.242. The van der Waals surface area contributed by atoms with Crippen LogP contribution < -0.4 is 10.4 Å². The van der Waals surface area contributed by atoms with Crippen LogP contribution in [0.5, 0.6) is 0 Å². The van der Waals surface area contributed by atoms with Crippen LogP contribution in [0.2, 0.25) is 0 Å². The largest absolute Gasteiger partial charge is 0.530 e. The second kappa shape index (κ2) is 3.57. The lowest BCUT2D eigenvalue weighted by Crippen LogP contribution is -2.29. The van der Waals surface area contributed by atoms with Crippen molar-refractivity contribution in [1.29, 1.82) is 0 Å². The number of alkyl halides is 2. The Kier molecular flexibility index (Phi) is 2.64. The number of halogens is 2. The van der Waals surface area contributed by atoms with Crippen LogP contribution in [0.1, 0.15) is 12.5 Å². The maximum absolute atomic E-state index is 12.8. The van der Waals surface area contributed by atoms with Gasteiger partial charge in [0.1, 0.15) is 11.9 Å². The number of aromatic nitrogens is 1. The topological polar surface area (TPSA) is 65.0 Å². The van der Waals surface area contributed by atoms with Gasteiger partial charge < -0.3 is 15.2 Å². The van der Waals surface area contributed by atoms with Gasteiger partial charge in [-0.15, -0.1) is 0 Å². The Labute approximate surface area is 78.6 Å². The molecule has 0 aliphatic carbocycles. The second-order valence-corrected chi connectivity index (χ2v) is 2.73. The number of amides is 1. The van der Waals surface area contributed by atoms with Gasteiger partial charge in [0.15, 0.2) is 0 Å². The summed E-state index contributed by atoms with van der Waals surface area (Å²) in [6.07, 6.45) is -0.494. The first-order valence-electron chi connectivity index (χ1n) is 3.72. The van der Waals surface area contributed by atoms with Crippen LogP contribution in [-0.2, 0) is 5.92 Å². The maximum Gasteiger partial charge on any atom is 0.270 e. The Bertz CT molecular complexity index is 349. The minimum atomic E-state index is -3.02. The van der Waals surface area contributed by atoms with Crippen LogP contribution in [0.15, 0.2) is 18.3 Å². The van der Waals surface area contributed by atoms with E-state index in [1.807, 2.05) is 0 Å². The van der Waals surface area contributed by atoms with Gasteiger partial charge in [-0.1, -0.05) is 0 Å². The lowest BCUT2D eigenvalue weighted by atomic mass is 10.1. The van der Waals surface area contributed by atoms with Crippen molar-refractivity contribution in [2.24, 2.45) is 0 Å². The average Bonchev–Trinajstić information content (AvgIpc) is 2.01. The van der Waals surface area contributed by atoms with Crippen LogP contribution in [0.25, 0.3) is 0 Å². The summed E-state index contributed by atoms with van der Waals surface area (Å²) >= 11 is 0. The highest BCUT2D eigenvalue weighted by molar-refractivity contribution is 5.79. The van der Waals surface area contributed by atoms with Crippen molar-refractivity contribution in [3.05, 3.63) is 23.9 Å². The number of anilines is 1. The molecule has 0 aromatic carbocycles. The number of nitrogens with one attached hydrogen (secondary N) is 1. The van der Waals surface area contributed by atoms with Gasteiger partial charge in [0.2, 0.25) is 0 Å².